The quantitative estimate of drug-likeness (QED) is 0.204. The predicted octanol–water partition coefficient (Wildman–Crippen LogP) is 4.56. The van der Waals surface area contributed by atoms with Gasteiger partial charge in [-0.05, 0) is 18.6 Å². The minimum atomic E-state index is -2.95. The van der Waals surface area contributed by atoms with E-state index in [4.69, 9.17) is 9.47 Å². The fraction of sp³-hybridized carbons (Fsp3) is 0.273. The van der Waals surface area contributed by atoms with Gasteiger partial charge in [-0.15, -0.1) is 24.0 Å². The molecule has 0 atom stereocenters. The average molecular weight is 557 g/mol. The van der Waals surface area contributed by atoms with E-state index in [1.165, 1.54) is 0 Å². The Morgan fingerprint density at radius 3 is 2.53 bits per heavy atom. The highest BCUT2D eigenvalue weighted by Crippen LogP contribution is 2.32. The van der Waals surface area contributed by atoms with Crippen molar-refractivity contribution in [3.05, 3.63) is 66.1 Å². The van der Waals surface area contributed by atoms with E-state index in [-0.39, 0.29) is 42.0 Å². The van der Waals surface area contributed by atoms with Crippen LogP contribution in [0.2, 0.25) is 0 Å². The highest BCUT2D eigenvalue weighted by molar-refractivity contribution is 14.0. The maximum atomic E-state index is 12.9. The molecule has 3 rings (SSSR count). The highest BCUT2D eigenvalue weighted by atomic mass is 127. The Kier molecular flexibility index (Phi) is 10.2. The lowest BCUT2D eigenvalue weighted by molar-refractivity contribution is -0.0520. The molecule has 7 nitrogen and oxygen atoms in total. The Morgan fingerprint density at radius 2 is 1.84 bits per heavy atom. The van der Waals surface area contributed by atoms with E-state index in [9.17, 15) is 8.78 Å². The summed E-state index contributed by atoms with van der Waals surface area (Å²) in [6.45, 7) is -0.202. The van der Waals surface area contributed by atoms with Crippen LogP contribution < -0.4 is 20.1 Å². The molecule has 0 saturated carbocycles. The standard InChI is InChI=1S/C22H25F2N5O2.HI/c1-3-30-18-11-7-10-16(20(18)31-21(23)24)12-27-22(25-2)28-14-19-26-13-17(29-19)15-8-5-4-6-9-15;/h4-11,13,21H,3,12,14H2,1-2H3,(H,26,29)(H2,25,27,28);1H. The number of halogens is 3. The van der Waals surface area contributed by atoms with Crippen molar-refractivity contribution in [2.75, 3.05) is 13.7 Å². The van der Waals surface area contributed by atoms with Gasteiger partial charge in [0.2, 0.25) is 0 Å². The van der Waals surface area contributed by atoms with Crippen LogP contribution >= 0.6 is 24.0 Å². The monoisotopic (exact) mass is 557 g/mol. The number of alkyl halides is 2. The molecule has 0 aliphatic rings. The lowest BCUT2D eigenvalue weighted by atomic mass is 10.2. The fourth-order valence-electron chi connectivity index (χ4n) is 2.98. The van der Waals surface area contributed by atoms with Gasteiger partial charge in [0.05, 0.1) is 25.0 Å². The third-order valence-corrected chi connectivity index (χ3v) is 4.37. The van der Waals surface area contributed by atoms with E-state index in [2.05, 4.69) is 25.6 Å². The topological polar surface area (TPSA) is 83.6 Å². The SMILES string of the molecule is CCOc1cccc(CNC(=NC)NCc2ncc(-c3ccccc3)[nH]2)c1OC(F)F.I. The summed E-state index contributed by atoms with van der Waals surface area (Å²) >= 11 is 0. The Hall–Kier alpha value is -2.89. The van der Waals surface area contributed by atoms with Crippen molar-refractivity contribution < 1.29 is 18.3 Å². The number of hydrogen-bond acceptors (Lipinski definition) is 4. The first kappa shape index (κ1) is 25.4. The molecule has 0 fully saturated rings. The van der Waals surface area contributed by atoms with E-state index in [1.807, 2.05) is 30.3 Å². The van der Waals surface area contributed by atoms with Gasteiger partial charge >= 0.3 is 6.61 Å². The van der Waals surface area contributed by atoms with Crippen LogP contribution in [0.5, 0.6) is 11.5 Å². The fourth-order valence-corrected chi connectivity index (χ4v) is 2.98. The van der Waals surface area contributed by atoms with Crippen LogP contribution in [0.15, 0.2) is 59.7 Å². The number of aliphatic imine (C=N–C) groups is 1. The zero-order valence-electron chi connectivity index (χ0n) is 17.8. The van der Waals surface area contributed by atoms with Gasteiger partial charge in [0, 0.05) is 19.2 Å². The number of ether oxygens (including phenoxy) is 2. The number of aromatic amines is 1. The van der Waals surface area contributed by atoms with Gasteiger partial charge < -0.3 is 25.1 Å². The molecule has 0 amide bonds. The van der Waals surface area contributed by atoms with Gasteiger partial charge in [-0.1, -0.05) is 42.5 Å². The molecule has 3 aromatic rings. The minimum absolute atomic E-state index is 0. The summed E-state index contributed by atoms with van der Waals surface area (Å²) in [5, 5.41) is 6.24. The number of hydrogen-bond donors (Lipinski definition) is 3. The number of nitrogens with one attached hydrogen (secondary N) is 3. The van der Waals surface area contributed by atoms with E-state index in [0.29, 0.717) is 24.7 Å². The van der Waals surface area contributed by atoms with Crippen molar-refractivity contribution in [2.45, 2.75) is 26.6 Å². The molecule has 3 N–H and O–H groups in total. The molecular formula is C22H26F2IN5O2. The molecule has 0 spiro atoms. The zero-order valence-corrected chi connectivity index (χ0v) is 20.1. The van der Waals surface area contributed by atoms with Crippen LogP contribution in [0.3, 0.4) is 0 Å². The molecule has 1 aromatic heterocycles. The summed E-state index contributed by atoms with van der Waals surface area (Å²) in [6.07, 6.45) is 1.77. The number of nitrogens with zero attached hydrogens (tertiary/aromatic N) is 2. The minimum Gasteiger partial charge on any atom is -0.490 e. The Morgan fingerprint density at radius 1 is 1.09 bits per heavy atom. The largest absolute Gasteiger partial charge is 0.490 e. The number of para-hydroxylation sites is 1. The molecule has 0 aliphatic carbocycles. The second kappa shape index (κ2) is 12.8. The van der Waals surface area contributed by atoms with Crippen molar-refractivity contribution in [3.8, 4) is 22.8 Å². The smallest absolute Gasteiger partial charge is 0.387 e. The number of rotatable bonds is 9. The van der Waals surface area contributed by atoms with E-state index < -0.39 is 6.61 Å². The summed E-state index contributed by atoms with van der Waals surface area (Å²) < 4.78 is 35.9. The number of imidazole rings is 1. The molecule has 2 aromatic carbocycles. The second-order valence-corrected chi connectivity index (χ2v) is 6.44. The number of guanidine groups is 1. The van der Waals surface area contributed by atoms with Crippen LogP contribution in [-0.4, -0.2) is 36.2 Å². The van der Waals surface area contributed by atoms with Crippen molar-refractivity contribution in [2.24, 2.45) is 4.99 Å². The highest BCUT2D eigenvalue weighted by Gasteiger charge is 2.16. The van der Waals surface area contributed by atoms with Crippen molar-refractivity contribution in [1.82, 2.24) is 20.6 Å². The van der Waals surface area contributed by atoms with Crippen molar-refractivity contribution in [1.29, 1.82) is 0 Å². The molecule has 0 radical (unpaired) electrons. The van der Waals surface area contributed by atoms with Crippen LogP contribution in [0, 0.1) is 0 Å². The van der Waals surface area contributed by atoms with Crippen molar-refractivity contribution >= 4 is 29.9 Å². The summed E-state index contributed by atoms with van der Waals surface area (Å²) in [6, 6.07) is 14.9. The maximum absolute atomic E-state index is 12.9. The lowest BCUT2D eigenvalue weighted by Crippen LogP contribution is -2.36. The van der Waals surface area contributed by atoms with Crippen LogP contribution in [0.4, 0.5) is 8.78 Å². The van der Waals surface area contributed by atoms with Gasteiger partial charge in [0.1, 0.15) is 5.82 Å². The normalized spacial score (nSPS) is 11.1. The molecule has 32 heavy (non-hydrogen) atoms. The Balaban J connectivity index is 0.00000363. The van der Waals surface area contributed by atoms with Gasteiger partial charge in [0.25, 0.3) is 0 Å². The maximum Gasteiger partial charge on any atom is 0.387 e. The molecule has 0 unspecified atom stereocenters. The summed E-state index contributed by atoms with van der Waals surface area (Å²) in [7, 11) is 1.63. The van der Waals surface area contributed by atoms with E-state index in [1.54, 1.807) is 38.4 Å². The first-order chi connectivity index (χ1) is 15.1. The van der Waals surface area contributed by atoms with E-state index >= 15 is 0 Å². The van der Waals surface area contributed by atoms with Crippen LogP contribution in [0.25, 0.3) is 11.3 Å². The molecule has 172 valence electrons. The van der Waals surface area contributed by atoms with Crippen LogP contribution in [-0.2, 0) is 13.1 Å². The zero-order chi connectivity index (χ0) is 22.1. The third kappa shape index (κ3) is 7.08. The summed E-state index contributed by atoms with van der Waals surface area (Å²) in [4.78, 5) is 11.8. The number of aromatic nitrogens is 2. The van der Waals surface area contributed by atoms with E-state index in [0.717, 1.165) is 17.1 Å². The molecule has 0 saturated heterocycles. The Labute approximate surface area is 202 Å². The Bertz CT molecular complexity index is 999. The van der Waals surface area contributed by atoms with Crippen LogP contribution in [0.1, 0.15) is 18.3 Å². The second-order valence-electron chi connectivity index (χ2n) is 6.44. The van der Waals surface area contributed by atoms with Gasteiger partial charge in [-0.25, -0.2) is 4.98 Å². The first-order valence-corrected chi connectivity index (χ1v) is 9.84. The third-order valence-electron chi connectivity index (χ3n) is 4.37. The molecule has 0 aliphatic heterocycles. The molecule has 10 heteroatoms. The summed E-state index contributed by atoms with van der Waals surface area (Å²) in [5.41, 5.74) is 2.49. The van der Waals surface area contributed by atoms with Gasteiger partial charge in [0.15, 0.2) is 17.5 Å². The molecular weight excluding hydrogens is 531 g/mol. The number of H-pyrrole nitrogens is 1. The van der Waals surface area contributed by atoms with Gasteiger partial charge in [-0.2, -0.15) is 8.78 Å². The van der Waals surface area contributed by atoms with Gasteiger partial charge in [-0.3, -0.25) is 4.99 Å². The average Bonchev–Trinajstić information content (AvgIpc) is 3.25. The molecule has 0 bridgehead atoms. The van der Waals surface area contributed by atoms with Crippen molar-refractivity contribution in [3.63, 3.8) is 0 Å². The first-order valence-electron chi connectivity index (χ1n) is 9.84. The molecule has 1 heterocycles. The predicted molar refractivity (Wildman–Crippen MR) is 131 cm³/mol. The number of benzene rings is 2. The summed E-state index contributed by atoms with van der Waals surface area (Å²) in [5.74, 6) is 1.51. The lowest BCUT2D eigenvalue weighted by Gasteiger charge is -2.17.